The molecule has 0 saturated carbocycles. The highest BCUT2D eigenvalue weighted by Gasteiger charge is 2.21. The Labute approximate surface area is 181 Å². The molecule has 0 aliphatic carbocycles. The molecule has 0 fully saturated rings. The van der Waals surface area contributed by atoms with E-state index in [2.05, 4.69) is 17.1 Å². The lowest BCUT2D eigenvalue weighted by Crippen LogP contribution is -2.39. The first-order valence-corrected chi connectivity index (χ1v) is 11.1. The maximum atomic E-state index is 13.5. The number of rotatable bonds is 11. The number of nitrogens with zero attached hydrogens (tertiary/aromatic N) is 2. The van der Waals surface area contributed by atoms with Gasteiger partial charge >= 0.3 is 0 Å². The molecule has 0 aliphatic rings. The molecule has 2 rings (SSSR count). The van der Waals surface area contributed by atoms with Gasteiger partial charge in [-0.3, -0.25) is 9.10 Å². The van der Waals surface area contributed by atoms with Gasteiger partial charge in [0, 0.05) is 0 Å². The zero-order valence-electron chi connectivity index (χ0n) is 17.2. The Hall–Kier alpha value is -3.40. The van der Waals surface area contributed by atoms with Gasteiger partial charge in [-0.1, -0.05) is 18.7 Å². The van der Waals surface area contributed by atoms with E-state index in [1.54, 1.807) is 24.3 Å². The van der Waals surface area contributed by atoms with Gasteiger partial charge in [0.2, 0.25) is 10.0 Å². The van der Waals surface area contributed by atoms with Gasteiger partial charge in [0.25, 0.3) is 5.91 Å². The molecule has 0 aliphatic heterocycles. The van der Waals surface area contributed by atoms with Crippen LogP contribution in [-0.2, 0) is 14.8 Å². The van der Waals surface area contributed by atoms with E-state index in [0.717, 1.165) is 16.6 Å². The van der Waals surface area contributed by atoms with Crippen molar-refractivity contribution in [2.75, 3.05) is 30.3 Å². The number of carbonyl (C=O) groups is 1. The summed E-state index contributed by atoms with van der Waals surface area (Å²) in [5.74, 6) is -0.257. The standard InChI is InChI=1S/C21H24FN3O5S/c1-4-11-30-19-10-9-16(12-20(19)29-5-2)14-23-24-21(26)15-25(31(3,27)28)18-8-6-7-17(22)13-18/h4,6-10,12-14H,1,5,11,15H2,2-3H3,(H,24,26)/b23-14-. The van der Waals surface area contributed by atoms with Crippen LogP contribution in [0.25, 0.3) is 0 Å². The Kier molecular flexibility index (Phi) is 8.56. The lowest BCUT2D eigenvalue weighted by molar-refractivity contribution is -0.119. The molecule has 0 bridgehead atoms. The zero-order chi connectivity index (χ0) is 22.9. The van der Waals surface area contributed by atoms with Crippen molar-refractivity contribution in [3.8, 4) is 11.5 Å². The Morgan fingerprint density at radius 1 is 1.23 bits per heavy atom. The summed E-state index contributed by atoms with van der Waals surface area (Å²) in [6, 6.07) is 10.1. The number of halogens is 1. The smallest absolute Gasteiger partial charge is 0.260 e. The number of benzene rings is 2. The SMILES string of the molecule is C=CCOc1ccc(/C=N\NC(=O)CN(c2cccc(F)c2)S(C)(=O)=O)cc1OCC. The third-order valence-corrected chi connectivity index (χ3v) is 4.95. The quantitative estimate of drug-likeness (QED) is 0.323. The second-order valence-corrected chi connectivity index (χ2v) is 8.19. The monoisotopic (exact) mass is 449 g/mol. The summed E-state index contributed by atoms with van der Waals surface area (Å²) in [5, 5.41) is 3.85. The van der Waals surface area contributed by atoms with Crippen LogP contribution in [0.4, 0.5) is 10.1 Å². The first kappa shape index (κ1) is 23.9. The lowest BCUT2D eigenvalue weighted by Gasteiger charge is -2.21. The average molecular weight is 450 g/mol. The molecule has 31 heavy (non-hydrogen) atoms. The molecule has 0 aromatic heterocycles. The summed E-state index contributed by atoms with van der Waals surface area (Å²) in [7, 11) is -3.81. The van der Waals surface area contributed by atoms with E-state index < -0.39 is 28.3 Å². The molecule has 1 amide bonds. The summed E-state index contributed by atoms with van der Waals surface area (Å²) in [5.41, 5.74) is 2.93. The summed E-state index contributed by atoms with van der Waals surface area (Å²) in [6.45, 7) is 5.64. The van der Waals surface area contributed by atoms with Gasteiger partial charge in [-0.2, -0.15) is 5.10 Å². The molecule has 0 saturated heterocycles. The van der Waals surface area contributed by atoms with E-state index in [9.17, 15) is 17.6 Å². The second kappa shape index (κ2) is 11.1. The van der Waals surface area contributed by atoms with Crippen LogP contribution < -0.4 is 19.2 Å². The molecule has 166 valence electrons. The maximum absolute atomic E-state index is 13.5. The minimum absolute atomic E-state index is 0.0399. The molecule has 1 N–H and O–H groups in total. The molecule has 0 spiro atoms. The van der Waals surface area contributed by atoms with Gasteiger partial charge in [0.15, 0.2) is 11.5 Å². The van der Waals surface area contributed by atoms with E-state index >= 15 is 0 Å². The van der Waals surface area contributed by atoms with Crippen molar-refractivity contribution in [2.45, 2.75) is 6.92 Å². The topological polar surface area (TPSA) is 97.3 Å². The maximum Gasteiger partial charge on any atom is 0.260 e. The summed E-state index contributed by atoms with van der Waals surface area (Å²) >= 11 is 0. The van der Waals surface area contributed by atoms with Crippen molar-refractivity contribution in [1.29, 1.82) is 0 Å². The van der Waals surface area contributed by atoms with Gasteiger partial charge in [0.1, 0.15) is 19.0 Å². The minimum Gasteiger partial charge on any atom is -0.490 e. The number of hydrazone groups is 1. The predicted octanol–water partition coefficient (Wildman–Crippen LogP) is 2.71. The second-order valence-electron chi connectivity index (χ2n) is 6.28. The van der Waals surface area contributed by atoms with Crippen molar-refractivity contribution in [3.63, 3.8) is 0 Å². The van der Waals surface area contributed by atoms with E-state index in [4.69, 9.17) is 9.47 Å². The van der Waals surface area contributed by atoms with Crippen molar-refractivity contribution < 1.29 is 27.1 Å². The fraction of sp³-hybridized carbons (Fsp3) is 0.238. The van der Waals surface area contributed by atoms with E-state index in [1.807, 2.05) is 6.92 Å². The molecule has 0 unspecified atom stereocenters. The largest absolute Gasteiger partial charge is 0.490 e. The molecule has 0 radical (unpaired) electrons. The van der Waals surface area contributed by atoms with Gasteiger partial charge in [-0.25, -0.2) is 18.2 Å². The fourth-order valence-electron chi connectivity index (χ4n) is 2.52. The number of amides is 1. The van der Waals surface area contributed by atoms with Crippen LogP contribution in [0.15, 0.2) is 60.2 Å². The normalized spacial score (nSPS) is 11.2. The van der Waals surface area contributed by atoms with Gasteiger partial charge in [0.05, 0.1) is 24.8 Å². The Morgan fingerprint density at radius 3 is 2.65 bits per heavy atom. The summed E-state index contributed by atoms with van der Waals surface area (Å²) in [4.78, 5) is 12.2. The number of nitrogens with one attached hydrogen (secondary N) is 1. The number of hydrogen-bond donors (Lipinski definition) is 1. The van der Waals surface area contributed by atoms with E-state index in [0.29, 0.717) is 30.3 Å². The van der Waals surface area contributed by atoms with Gasteiger partial charge in [-0.05, 0) is 48.9 Å². The molecule has 2 aromatic carbocycles. The van der Waals surface area contributed by atoms with Crippen LogP contribution in [-0.4, -0.2) is 46.6 Å². The van der Waals surface area contributed by atoms with Crippen LogP contribution in [0.2, 0.25) is 0 Å². The minimum atomic E-state index is -3.81. The summed E-state index contributed by atoms with van der Waals surface area (Å²) < 4.78 is 49.4. The third kappa shape index (κ3) is 7.41. The molecule has 0 atom stereocenters. The number of carbonyl (C=O) groups excluding carboxylic acids is 1. The molecular weight excluding hydrogens is 425 g/mol. The Bertz CT molecular complexity index is 1060. The number of sulfonamides is 1. The van der Waals surface area contributed by atoms with Gasteiger partial charge < -0.3 is 9.47 Å². The third-order valence-electron chi connectivity index (χ3n) is 3.81. The van der Waals surface area contributed by atoms with Crippen molar-refractivity contribution in [1.82, 2.24) is 5.43 Å². The van der Waals surface area contributed by atoms with Crippen molar-refractivity contribution >= 4 is 27.8 Å². The number of ether oxygens (including phenoxy) is 2. The van der Waals surface area contributed by atoms with Crippen molar-refractivity contribution in [2.24, 2.45) is 5.10 Å². The van der Waals surface area contributed by atoms with Crippen LogP contribution in [0.5, 0.6) is 11.5 Å². The molecule has 8 nitrogen and oxygen atoms in total. The zero-order valence-corrected chi connectivity index (χ0v) is 18.1. The highest BCUT2D eigenvalue weighted by Crippen LogP contribution is 2.28. The van der Waals surface area contributed by atoms with Crippen molar-refractivity contribution in [3.05, 3.63) is 66.5 Å². The fourth-order valence-corrected chi connectivity index (χ4v) is 3.37. The molecule has 2 aromatic rings. The average Bonchev–Trinajstić information content (AvgIpc) is 2.71. The molecule has 0 heterocycles. The highest BCUT2D eigenvalue weighted by molar-refractivity contribution is 7.92. The first-order valence-electron chi connectivity index (χ1n) is 9.30. The first-order chi connectivity index (χ1) is 14.7. The van der Waals surface area contributed by atoms with E-state index in [1.165, 1.54) is 24.4 Å². The Balaban J connectivity index is 2.08. The number of anilines is 1. The lowest BCUT2D eigenvalue weighted by atomic mass is 10.2. The predicted molar refractivity (Wildman–Crippen MR) is 118 cm³/mol. The molecular formula is C21H24FN3O5S. The summed E-state index contributed by atoms with van der Waals surface area (Å²) in [6.07, 6.45) is 3.93. The highest BCUT2D eigenvalue weighted by atomic mass is 32.2. The van der Waals surface area contributed by atoms with E-state index in [-0.39, 0.29) is 5.69 Å². The van der Waals surface area contributed by atoms with Crippen LogP contribution >= 0.6 is 0 Å². The molecule has 10 heteroatoms. The van der Waals surface area contributed by atoms with Crippen LogP contribution in [0.1, 0.15) is 12.5 Å². The van der Waals surface area contributed by atoms with Gasteiger partial charge in [-0.15, -0.1) is 0 Å². The van der Waals surface area contributed by atoms with Crippen LogP contribution in [0, 0.1) is 5.82 Å². The number of hydrogen-bond acceptors (Lipinski definition) is 6. The Morgan fingerprint density at radius 2 is 2.00 bits per heavy atom. The van der Waals surface area contributed by atoms with Crippen LogP contribution in [0.3, 0.4) is 0 Å².